The van der Waals surface area contributed by atoms with E-state index in [-0.39, 0.29) is 5.91 Å². The highest BCUT2D eigenvalue weighted by atomic mass is 32.1. The minimum atomic E-state index is -0.444. The largest absolute Gasteiger partial charge is 0.376 e. The molecule has 6 nitrogen and oxygen atoms in total. The van der Waals surface area contributed by atoms with Crippen LogP contribution < -0.4 is 5.32 Å². The van der Waals surface area contributed by atoms with Crippen molar-refractivity contribution in [3.63, 3.8) is 0 Å². The summed E-state index contributed by atoms with van der Waals surface area (Å²) in [5.41, 5.74) is 1.68. The van der Waals surface area contributed by atoms with Crippen LogP contribution in [0.1, 0.15) is 31.4 Å². The van der Waals surface area contributed by atoms with Crippen molar-refractivity contribution in [2.75, 3.05) is 13.8 Å². The number of hydrogen-bond donors (Lipinski definition) is 2. The highest BCUT2D eigenvalue weighted by Crippen LogP contribution is 2.14. The molecule has 0 unspecified atom stereocenters. The lowest BCUT2D eigenvalue weighted by Gasteiger charge is -2.16. The molecule has 22 heavy (non-hydrogen) atoms. The molecule has 0 aliphatic rings. The first kappa shape index (κ1) is 16.1. The maximum atomic E-state index is 12.4. The van der Waals surface area contributed by atoms with Gasteiger partial charge in [0.1, 0.15) is 11.7 Å². The molecule has 0 radical (unpaired) electrons. The van der Waals surface area contributed by atoms with Crippen molar-refractivity contribution in [3.8, 4) is 0 Å². The highest BCUT2D eigenvalue weighted by molar-refractivity contribution is 7.09. The normalized spacial score (nSPS) is 10.3. The standard InChI is InChI=1S/C15H17N3O3S/c1-10-8-22-13(17-10)7-18(2)15(21)12-5-3-4-11(6-12)14(20)16-9-19/h3-6,8,19H,7,9H2,1-2H3,(H,16,20). The maximum absolute atomic E-state index is 12.4. The Morgan fingerprint density at radius 1 is 1.36 bits per heavy atom. The first-order chi connectivity index (χ1) is 10.5. The van der Waals surface area contributed by atoms with Gasteiger partial charge in [-0.25, -0.2) is 4.98 Å². The molecule has 0 bridgehead atoms. The Labute approximate surface area is 132 Å². The average molecular weight is 319 g/mol. The summed E-state index contributed by atoms with van der Waals surface area (Å²) in [4.78, 5) is 30.0. The summed E-state index contributed by atoms with van der Waals surface area (Å²) in [7, 11) is 1.69. The Hall–Kier alpha value is -2.25. The number of nitrogens with one attached hydrogen (secondary N) is 1. The summed E-state index contributed by atoms with van der Waals surface area (Å²) in [6.45, 7) is 1.88. The van der Waals surface area contributed by atoms with Gasteiger partial charge in [-0.1, -0.05) is 6.07 Å². The van der Waals surface area contributed by atoms with Crippen LogP contribution in [0.2, 0.25) is 0 Å². The second-order valence-corrected chi connectivity index (χ2v) is 5.73. The number of thiazole rings is 1. The van der Waals surface area contributed by atoms with Gasteiger partial charge in [-0.05, 0) is 25.1 Å². The molecule has 0 aliphatic carbocycles. The van der Waals surface area contributed by atoms with Crippen molar-refractivity contribution in [3.05, 3.63) is 51.5 Å². The van der Waals surface area contributed by atoms with Gasteiger partial charge in [0.05, 0.1) is 6.54 Å². The van der Waals surface area contributed by atoms with Gasteiger partial charge in [0.15, 0.2) is 0 Å². The zero-order valence-corrected chi connectivity index (χ0v) is 13.2. The molecule has 0 saturated heterocycles. The quantitative estimate of drug-likeness (QED) is 0.816. The topological polar surface area (TPSA) is 82.5 Å². The van der Waals surface area contributed by atoms with Crippen LogP contribution in [0.15, 0.2) is 29.6 Å². The third-order valence-electron chi connectivity index (χ3n) is 3.00. The molecule has 0 aliphatic heterocycles. The molecule has 1 aromatic heterocycles. The smallest absolute Gasteiger partial charge is 0.253 e. The van der Waals surface area contributed by atoms with Crippen molar-refractivity contribution in [1.29, 1.82) is 0 Å². The Morgan fingerprint density at radius 2 is 2.09 bits per heavy atom. The fourth-order valence-corrected chi connectivity index (χ4v) is 2.76. The third-order valence-corrected chi connectivity index (χ3v) is 3.95. The van der Waals surface area contributed by atoms with E-state index in [1.54, 1.807) is 30.1 Å². The predicted octanol–water partition coefficient (Wildman–Crippen LogP) is 1.40. The fourth-order valence-electron chi connectivity index (χ4n) is 1.94. The van der Waals surface area contributed by atoms with Gasteiger partial charge < -0.3 is 15.3 Å². The van der Waals surface area contributed by atoms with Crippen molar-refractivity contribution < 1.29 is 14.7 Å². The van der Waals surface area contributed by atoms with Crippen molar-refractivity contribution in [1.82, 2.24) is 15.2 Å². The van der Waals surface area contributed by atoms with Gasteiger partial charge in [0.25, 0.3) is 11.8 Å². The predicted molar refractivity (Wildman–Crippen MR) is 83.6 cm³/mol. The molecule has 1 heterocycles. The summed E-state index contributed by atoms with van der Waals surface area (Å²) in [5.74, 6) is -0.609. The zero-order valence-electron chi connectivity index (χ0n) is 12.4. The highest BCUT2D eigenvalue weighted by Gasteiger charge is 2.15. The molecule has 2 rings (SSSR count). The van der Waals surface area contributed by atoms with E-state index >= 15 is 0 Å². The number of benzene rings is 1. The number of carbonyl (C=O) groups is 2. The van der Waals surface area contributed by atoms with Crippen molar-refractivity contribution >= 4 is 23.2 Å². The molecule has 0 saturated carbocycles. The summed E-state index contributed by atoms with van der Waals surface area (Å²) < 4.78 is 0. The third kappa shape index (κ3) is 3.90. The van der Waals surface area contributed by atoms with Gasteiger partial charge >= 0.3 is 0 Å². The Bertz CT molecular complexity index is 684. The lowest BCUT2D eigenvalue weighted by atomic mass is 10.1. The van der Waals surface area contributed by atoms with E-state index in [1.807, 2.05) is 12.3 Å². The van der Waals surface area contributed by atoms with E-state index in [0.29, 0.717) is 17.7 Å². The molecule has 0 atom stereocenters. The summed E-state index contributed by atoms with van der Waals surface area (Å²) in [6.07, 6.45) is 0. The molecule has 2 N–H and O–H groups in total. The molecule has 116 valence electrons. The average Bonchev–Trinajstić information content (AvgIpc) is 2.92. The molecule has 7 heteroatoms. The molecule has 1 aromatic carbocycles. The van der Waals surface area contributed by atoms with Gasteiger partial charge in [-0.3, -0.25) is 9.59 Å². The van der Waals surface area contributed by atoms with Gasteiger partial charge in [0.2, 0.25) is 0 Å². The number of hydrogen-bond acceptors (Lipinski definition) is 5. The molecule has 0 spiro atoms. The van der Waals surface area contributed by atoms with E-state index in [0.717, 1.165) is 10.7 Å². The minimum Gasteiger partial charge on any atom is -0.376 e. The van der Waals surface area contributed by atoms with E-state index in [2.05, 4.69) is 10.3 Å². The lowest BCUT2D eigenvalue weighted by molar-refractivity contribution is 0.0785. The number of amides is 2. The van der Waals surface area contributed by atoms with Crippen molar-refractivity contribution in [2.45, 2.75) is 13.5 Å². The Kier molecular flexibility index (Phi) is 5.24. The van der Waals surface area contributed by atoms with Gasteiger partial charge in [0, 0.05) is 29.2 Å². The van der Waals surface area contributed by atoms with E-state index in [4.69, 9.17) is 5.11 Å². The SMILES string of the molecule is Cc1csc(CN(C)C(=O)c2cccc(C(=O)NCO)c2)n1. The summed E-state index contributed by atoms with van der Waals surface area (Å²) >= 11 is 1.51. The molecular formula is C15H17N3O3S. The summed E-state index contributed by atoms with van der Waals surface area (Å²) in [5, 5.41) is 13.8. The van der Waals surface area contributed by atoms with Gasteiger partial charge in [-0.15, -0.1) is 11.3 Å². The number of carbonyl (C=O) groups excluding carboxylic acids is 2. The minimum absolute atomic E-state index is 0.188. The van der Waals surface area contributed by atoms with Crippen LogP contribution in [0.4, 0.5) is 0 Å². The van der Waals surface area contributed by atoms with Crippen LogP contribution >= 0.6 is 11.3 Å². The zero-order chi connectivity index (χ0) is 16.1. The fraction of sp³-hybridized carbons (Fsp3) is 0.267. The first-order valence-corrected chi connectivity index (χ1v) is 7.55. The Balaban J connectivity index is 2.11. The monoisotopic (exact) mass is 319 g/mol. The van der Waals surface area contributed by atoms with Crippen LogP contribution in [0.3, 0.4) is 0 Å². The molecule has 2 amide bonds. The maximum Gasteiger partial charge on any atom is 0.253 e. The van der Waals surface area contributed by atoms with Gasteiger partial charge in [-0.2, -0.15) is 0 Å². The number of nitrogens with zero attached hydrogens (tertiary/aromatic N) is 2. The number of aliphatic hydroxyl groups is 1. The van der Waals surface area contributed by atoms with Crippen LogP contribution in [0.25, 0.3) is 0 Å². The van der Waals surface area contributed by atoms with Crippen LogP contribution in [-0.4, -0.2) is 40.6 Å². The second-order valence-electron chi connectivity index (χ2n) is 4.79. The van der Waals surface area contributed by atoms with E-state index in [9.17, 15) is 9.59 Å². The van der Waals surface area contributed by atoms with E-state index < -0.39 is 12.6 Å². The second kappa shape index (κ2) is 7.15. The number of aryl methyl sites for hydroxylation is 1. The summed E-state index contributed by atoms with van der Waals surface area (Å²) in [6, 6.07) is 6.39. The number of rotatable bonds is 5. The first-order valence-electron chi connectivity index (χ1n) is 6.67. The molecular weight excluding hydrogens is 302 g/mol. The lowest BCUT2D eigenvalue weighted by Crippen LogP contribution is -2.27. The molecule has 0 fully saturated rings. The number of aromatic nitrogens is 1. The van der Waals surface area contributed by atoms with Crippen molar-refractivity contribution in [2.24, 2.45) is 0 Å². The van der Waals surface area contributed by atoms with Crippen LogP contribution in [-0.2, 0) is 6.54 Å². The molecule has 2 aromatic rings. The number of aliphatic hydroxyl groups excluding tert-OH is 1. The Morgan fingerprint density at radius 3 is 2.73 bits per heavy atom. The van der Waals surface area contributed by atoms with E-state index in [1.165, 1.54) is 17.4 Å². The van der Waals surface area contributed by atoms with Crippen LogP contribution in [0.5, 0.6) is 0 Å². The van der Waals surface area contributed by atoms with Crippen LogP contribution in [0, 0.1) is 6.92 Å².